The molecule has 0 spiro atoms. The molecular formula is C26H22BrNO. The number of halogens is 1. The second-order valence-electron chi connectivity index (χ2n) is 7.26. The van der Waals surface area contributed by atoms with E-state index in [1.165, 1.54) is 5.56 Å². The average molecular weight is 444 g/mol. The standard InChI is InChI=1S/C26H22BrNO/c27-25-13-11-22(12-14-25)17-28-18-23(15-20-7-3-1-4-8-20)26(29)24(19-28)16-21-9-5-2-6-10-21/h1-16H,17-19H2/b23-15+,24-16+. The van der Waals surface area contributed by atoms with Gasteiger partial charge in [0, 0.05) is 35.3 Å². The van der Waals surface area contributed by atoms with E-state index in [0.29, 0.717) is 13.1 Å². The Bertz CT molecular complexity index is 976. The molecule has 0 aromatic heterocycles. The fourth-order valence-electron chi connectivity index (χ4n) is 3.57. The van der Waals surface area contributed by atoms with Crippen LogP contribution in [0.5, 0.6) is 0 Å². The van der Waals surface area contributed by atoms with Gasteiger partial charge in [-0.25, -0.2) is 0 Å². The van der Waals surface area contributed by atoms with Crippen LogP contribution in [0.4, 0.5) is 0 Å². The maximum atomic E-state index is 13.2. The van der Waals surface area contributed by atoms with Gasteiger partial charge in [0.1, 0.15) is 0 Å². The van der Waals surface area contributed by atoms with Crippen LogP contribution in [0.15, 0.2) is 101 Å². The number of ketones is 1. The number of benzene rings is 3. The van der Waals surface area contributed by atoms with E-state index in [1.54, 1.807) is 0 Å². The number of rotatable bonds is 4. The molecule has 3 aromatic rings. The molecule has 1 fully saturated rings. The number of carbonyl (C=O) groups excluding carboxylic acids is 1. The molecule has 0 bridgehead atoms. The van der Waals surface area contributed by atoms with Crippen molar-refractivity contribution in [3.8, 4) is 0 Å². The molecule has 1 saturated heterocycles. The van der Waals surface area contributed by atoms with Crippen molar-refractivity contribution in [1.82, 2.24) is 4.90 Å². The molecule has 1 aliphatic rings. The van der Waals surface area contributed by atoms with E-state index in [-0.39, 0.29) is 5.78 Å². The van der Waals surface area contributed by atoms with Gasteiger partial charge in [0.25, 0.3) is 0 Å². The Balaban J connectivity index is 1.65. The first-order valence-electron chi connectivity index (χ1n) is 9.70. The molecule has 0 amide bonds. The molecule has 2 nitrogen and oxygen atoms in total. The zero-order chi connectivity index (χ0) is 20.1. The molecular weight excluding hydrogens is 422 g/mol. The first-order chi connectivity index (χ1) is 14.2. The van der Waals surface area contributed by atoms with E-state index < -0.39 is 0 Å². The molecule has 3 aromatic carbocycles. The largest absolute Gasteiger partial charge is 0.290 e. The number of Topliss-reactive ketones (excluding diaryl/α,β-unsaturated/α-hetero) is 1. The summed E-state index contributed by atoms with van der Waals surface area (Å²) in [6, 6.07) is 28.5. The molecule has 4 rings (SSSR count). The van der Waals surface area contributed by atoms with Crippen LogP contribution < -0.4 is 0 Å². The smallest absolute Gasteiger partial charge is 0.187 e. The van der Waals surface area contributed by atoms with Crippen LogP contribution in [0.1, 0.15) is 16.7 Å². The summed E-state index contributed by atoms with van der Waals surface area (Å²) in [7, 11) is 0. The third-order valence-electron chi connectivity index (χ3n) is 4.97. The Kier molecular flexibility index (Phi) is 6.18. The molecule has 0 atom stereocenters. The number of nitrogens with zero attached hydrogens (tertiary/aromatic N) is 1. The summed E-state index contributed by atoms with van der Waals surface area (Å²) in [4.78, 5) is 15.5. The van der Waals surface area contributed by atoms with Crippen LogP contribution in [-0.2, 0) is 11.3 Å². The van der Waals surface area contributed by atoms with Gasteiger partial charge in [-0.3, -0.25) is 9.69 Å². The molecule has 0 saturated carbocycles. The summed E-state index contributed by atoms with van der Waals surface area (Å²) in [5.74, 6) is 0.143. The molecule has 0 unspecified atom stereocenters. The van der Waals surface area contributed by atoms with E-state index >= 15 is 0 Å². The number of hydrogen-bond donors (Lipinski definition) is 0. The number of likely N-dealkylation sites (tertiary alicyclic amines) is 1. The van der Waals surface area contributed by atoms with Crippen LogP contribution in [-0.4, -0.2) is 23.8 Å². The van der Waals surface area contributed by atoms with Gasteiger partial charge in [-0.05, 0) is 41.0 Å². The maximum Gasteiger partial charge on any atom is 0.187 e. The van der Waals surface area contributed by atoms with Crippen molar-refractivity contribution in [2.75, 3.05) is 13.1 Å². The summed E-state index contributed by atoms with van der Waals surface area (Å²) in [6.07, 6.45) is 4.05. The quantitative estimate of drug-likeness (QED) is 0.460. The van der Waals surface area contributed by atoms with Gasteiger partial charge in [-0.2, -0.15) is 0 Å². The minimum absolute atomic E-state index is 0.143. The van der Waals surface area contributed by atoms with Gasteiger partial charge in [-0.1, -0.05) is 88.7 Å². The molecule has 3 heteroatoms. The lowest BCUT2D eigenvalue weighted by Gasteiger charge is -2.30. The first kappa shape index (κ1) is 19.6. The second kappa shape index (κ2) is 9.17. The lowest BCUT2D eigenvalue weighted by Crippen LogP contribution is -2.37. The van der Waals surface area contributed by atoms with Crippen molar-refractivity contribution in [2.24, 2.45) is 0 Å². The summed E-state index contributed by atoms with van der Waals surface area (Å²) in [6.45, 7) is 2.10. The van der Waals surface area contributed by atoms with E-state index in [9.17, 15) is 4.79 Å². The molecule has 0 aliphatic carbocycles. The number of hydrogen-bond acceptors (Lipinski definition) is 2. The van der Waals surface area contributed by atoms with Crippen molar-refractivity contribution in [2.45, 2.75) is 6.54 Å². The number of piperidine rings is 1. The topological polar surface area (TPSA) is 20.3 Å². The molecule has 29 heavy (non-hydrogen) atoms. The van der Waals surface area contributed by atoms with Crippen molar-refractivity contribution < 1.29 is 4.79 Å². The molecule has 1 aliphatic heterocycles. The highest BCUT2D eigenvalue weighted by molar-refractivity contribution is 9.10. The predicted molar refractivity (Wildman–Crippen MR) is 123 cm³/mol. The predicted octanol–water partition coefficient (Wildman–Crippen LogP) is 6.00. The van der Waals surface area contributed by atoms with E-state index in [4.69, 9.17) is 0 Å². The fourth-order valence-corrected chi connectivity index (χ4v) is 3.83. The Morgan fingerprint density at radius 2 is 1.21 bits per heavy atom. The van der Waals surface area contributed by atoms with Crippen molar-refractivity contribution in [3.63, 3.8) is 0 Å². The summed E-state index contributed by atoms with van der Waals surface area (Å²) < 4.78 is 1.07. The maximum absolute atomic E-state index is 13.2. The minimum Gasteiger partial charge on any atom is -0.290 e. The van der Waals surface area contributed by atoms with Crippen LogP contribution in [0.2, 0.25) is 0 Å². The van der Waals surface area contributed by atoms with E-state index in [0.717, 1.165) is 33.3 Å². The monoisotopic (exact) mass is 443 g/mol. The molecule has 1 heterocycles. The average Bonchev–Trinajstić information content (AvgIpc) is 2.74. The first-order valence-corrected chi connectivity index (χ1v) is 10.5. The van der Waals surface area contributed by atoms with E-state index in [1.807, 2.05) is 72.8 Å². The number of carbonyl (C=O) groups is 1. The summed E-state index contributed by atoms with van der Waals surface area (Å²) >= 11 is 3.50. The fraction of sp³-hybridized carbons (Fsp3) is 0.115. The zero-order valence-electron chi connectivity index (χ0n) is 16.1. The third-order valence-corrected chi connectivity index (χ3v) is 5.50. The van der Waals surface area contributed by atoms with Gasteiger partial charge in [-0.15, -0.1) is 0 Å². The van der Waals surface area contributed by atoms with Gasteiger partial charge in [0.05, 0.1) is 0 Å². The van der Waals surface area contributed by atoms with Crippen molar-refractivity contribution >= 4 is 33.9 Å². The Hall–Kier alpha value is -2.75. The molecule has 0 N–H and O–H groups in total. The van der Waals surface area contributed by atoms with Gasteiger partial charge in [0.15, 0.2) is 5.78 Å². The molecule has 0 radical (unpaired) electrons. The van der Waals surface area contributed by atoms with Crippen LogP contribution in [0, 0.1) is 0 Å². The van der Waals surface area contributed by atoms with Gasteiger partial charge >= 0.3 is 0 Å². The Morgan fingerprint density at radius 3 is 1.69 bits per heavy atom. The second-order valence-corrected chi connectivity index (χ2v) is 8.18. The van der Waals surface area contributed by atoms with Gasteiger partial charge in [0.2, 0.25) is 0 Å². The van der Waals surface area contributed by atoms with Crippen molar-refractivity contribution in [1.29, 1.82) is 0 Å². The van der Waals surface area contributed by atoms with Gasteiger partial charge < -0.3 is 0 Å². The third kappa shape index (κ3) is 5.20. The highest BCUT2D eigenvalue weighted by Gasteiger charge is 2.26. The lowest BCUT2D eigenvalue weighted by molar-refractivity contribution is -0.113. The van der Waals surface area contributed by atoms with Crippen LogP contribution >= 0.6 is 15.9 Å². The molecule has 144 valence electrons. The highest BCUT2D eigenvalue weighted by Crippen LogP contribution is 2.24. The Labute approximate surface area is 180 Å². The Morgan fingerprint density at radius 1 is 0.724 bits per heavy atom. The van der Waals surface area contributed by atoms with Crippen LogP contribution in [0.3, 0.4) is 0 Å². The summed E-state index contributed by atoms with van der Waals surface area (Å²) in [5.41, 5.74) is 5.02. The SMILES string of the molecule is O=C1/C(=C/c2ccccc2)CN(Cc2ccc(Br)cc2)C/C1=C\c1ccccc1. The lowest BCUT2D eigenvalue weighted by atomic mass is 9.94. The van der Waals surface area contributed by atoms with E-state index in [2.05, 4.69) is 45.1 Å². The van der Waals surface area contributed by atoms with Crippen LogP contribution in [0.25, 0.3) is 12.2 Å². The normalized spacial score (nSPS) is 17.8. The zero-order valence-corrected chi connectivity index (χ0v) is 17.7. The minimum atomic E-state index is 0.143. The summed E-state index contributed by atoms with van der Waals surface area (Å²) in [5, 5.41) is 0. The highest BCUT2D eigenvalue weighted by atomic mass is 79.9. The van der Waals surface area contributed by atoms with Crippen molar-refractivity contribution in [3.05, 3.63) is 117 Å².